The van der Waals surface area contributed by atoms with Gasteiger partial charge in [-0.05, 0) is 35.9 Å². The molecule has 0 N–H and O–H groups in total. The van der Waals surface area contributed by atoms with E-state index in [0.29, 0.717) is 11.6 Å². The van der Waals surface area contributed by atoms with E-state index >= 15 is 0 Å². The second-order valence-electron chi connectivity index (χ2n) is 6.21. The Kier molecular flexibility index (Phi) is 4.73. The molecule has 4 aromatic rings. The SMILES string of the molecule is FC(F)(F)Oc1ccc(Cn2c(-c3ccccc3)nc3ccc(Cl)cc32)cc1. The van der Waals surface area contributed by atoms with E-state index in [2.05, 4.69) is 4.74 Å². The van der Waals surface area contributed by atoms with E-state index in [4.69, 9.17) is 16.6 Å². The van der Waals surface area contributed by atoms with Gasteiger partial charge in [0.25, 0.3) is 0 Å². The third kappa shape index (κ3) is 3.97. The van der Waals surface area contributed by atoms with Crippen molar-refractivity contribution in [1.82, 2.24) is 9.55 Å². The van der Waals surface area contributed by atoms with Crippen LogP contribution in [0.25, 0.3) is 22.4 Å². The molecule has 3 nitrogen and oxygen atoms in total. The number of imidazole rings is 1. The monoisotopic (exact) mass is 402 g/mol. The summed E-state index contributed by atoms with van der Waals surface area (Å²) in [5, 5.41) is 0.585. The fourth-order valence-corrected chi connectivity index (χ4v) is 3.21. The first-order chi connectivity index (χ1) is 13.4. The Morgan fingerprint density at radius 1 is 0.929 bits per heavy atom. The van der Waals surface area contributed by atoms with Gasteiger partial charge in [-0.1, -0.05) is 54.1 Å². The van der Waals surface area contributed by atoms with Crippen molar-refractivity contribution in [3.63, 3.8) is 0 Å². The van der Waals surface area contributed by atoms with Gasteiger partial charge in [-0.3, -0.25) is 0 Å². The minimum absolute atomic E-state index is 0.252. The van der Waals surface area contributed by atoms with Gasteiger partial charge < -0.3 is 9.30 Å². The zero-order valence-electron chi connectivity index (χ0n) is 14.4. The normalized spacial score (nSPS) is 11.7. The first kappa shape index (κ1) is 18.4. The average Bonchev–Trinajstić information content (AvgIpc) is 3.01. The van der Waals surface area contributed by atoms with Crippen molar-refractivity contribution in [3.8, 4) is 17.1 Å². The Morgan fingerprint density at radius 3 is 2.32 bits per heavy atom. The predicted molar refractivity (Wildman–Crippen MR) is 102 cm³/mol. The number of rotatable bonds is 4. The molecule has 1 aromatic heterocycles. The fourth-order valence-electron chi connectivity index (χ4n) is 3.04. The van der Waals surface area contributed by atoms with Crippen LogP contribution in [0.3, 0.4) is 0 Å². The highest BCUT2D eigenvalue weighted by Crippen LogP contribution is 2.29. The molecule has 4 rings (SSSR count). The van der Waals surface area contributed by atoms with Crippen molar-refractivity contribution in [1.29, 1.82) is 0 Å². The molecule has 0 amide bonds. The number of ether oxygens (including phenoxy) is 1. The summed E-state index contributed by atoms with van der Waals surface area (Å²) in [4.78, 5) is 4.72. The highest BCUT2D eigenvalue weighted by molar-refractivity contribution is 6.31. The summed E-state index contributed by atoms with van der Waals surface area (Å²) in [7, 11) is 0. The molecule has 0 aliphatic rings. The van der Waals surface area contributed by atoms with Crippen LogP contribution in [-0.4, -0.2) is 15.9 Å². The second-order valence-corrected chi connectivity index (χ2v) is 6.65. The van der Waals surface area contributed by atoms with Crippen molar-refractivity contribution in [2.24, 2.45) is 0 Å². The molecule has 142 valence electrons. The van der Waals surface area contributed by atoms with E-state index < -0.39 is 6.36 Å². The molecule has 0 aliphatic carbocycles. The van der Waals surface area contributed by atoms with Gasteiger partial charge >= 0.3 is 6.36 Å². The van der Waals surface area contributed by atoms with E-state index in [1.807, 2.05) is 47.0 Å². The minimum atomic E-state index is -4.71. The van der Waals surface area contributed by atoms with Gasteiger partial charge in [-0.15, -0.1) is 13.2 Å². The van der Waals surface area contributed by atoms with Gasteiger partial charge in [0.1, 0.15) is 11.6 Å². The van der Waals surface area contributed by atoms with Crippen molar-refractivity contribution in [3.05, 3.63) is 83.4 Å². The summed E-state index contributed by atoms with van der Waals surface area (Å²) in [5.41, 5.74) is 3.39. The Balaban J connectivity index is 1.74. The van der Waals surface area contributed by atoms with Crippen LogP contribution in [0.15, 0.2) is 72.8 Å². The van der Waals surface area contributed by atoms with Crippen molar-refractivity contribution < 1.29 is 17.9 Å². The highest BCUT2D eigenvalue weighted by Gasteiger charge is 2.30. The number of halogens is 4. The maximum absolute atomic E-state index is 12.4. The first-order valence-electron chi connectivity index (χ1n) is 8.45. The van der Waals surface area contributed by atoms with E-state index in [1.165, 1.54) is 12.1 Å². The van der Waals surface area contributed by atoms with Gasteiger partial charge in [0.05, 0.1) is 11.0 Å². The molecule has 0 unspecified atom stereocenters. The molecular weight excluding hydrogens is 389 g/mol. The molecule has 0 bridgehead atoms. The minimum Gasteiger partial charge on any atom is -0.406 e. The molecule has 0 radical (unpaired) electrons. The number of nitrogens with zero attached hydrogens (tertiary/aromatic N) is 2. The molecule has 28 heavy (non-hydrogen) atoms. The number of benzene rings is 3. The van der Waals surface area contributed by atoms with Crippen LogP contribution in [-0.2, 0) is 6.54 Å². The second kappa shape index (κ2) is 7.20. The van der Waals surface area contributed by atoms with Crippen LogP contribution in [0.2, 0.25) is 5.02 Å². The van der Waals surface area contributed by atoms with Crippen LogP contribution in [0.4, 0.5) is 13.2 Å². The lowest BCUT2D eigenvalue weighted by atomic mass is 10.2. The fraction of sp³-hybridized carbons (Fsp3) is 0.0952. The molecular formula is C21H14ClF3N2O. The van der Waals surface area contributed by atoms with Crippen LogP contribution in [0.5, 0.6) is 5.75 Å². The summed E-state index contributed by atoms with van der Waals surface area (Å²) in [5.74, 6) is 0.506. The molecule has 1 heterocycles. The number of hydrogen-bond acceptors (Lipinski definition) is 2. The number of aromatic nitrogens is 2. The quantitative estimate of drug-likeness (QED) is 0.400. The Labute approximate surface area is 164 Å². The van der Waals surface area contributed by atoms with E-state index in [1.54, 1.807) is 18.2 Å². The lowest BCUT2D eigenvalue weighted by Gasteiger charge is -2.12. The molecule has 0 aliphatic heterocycles. The van der Waals surface area contributed by atoms with Crippen molar-refractivity contribution in [2.45, 2.75) is 12.9 Å². The highest BCUT2D eigenvalue weighted by atomic mass is 35.5. The van der Waals surface area contributed by atoms with Crippen LogP contribution in [0, 0.1) is 0 Å². The molecule has 0 fully saturated rings. The van der Waals surface area contributed by atoms with Crippen LogP contribution in [0.1, 0.15) is 5.56 Å². The number of fused-ring (bicyclic) bond motifs is 1. The van der Waals surface area contributed by atoms with E-state index in [9.17, 15) is 13.2 Å². The summed E-state index contributed by atoms with van der Waals surface area (Å²) in [6.07, 6.45) is -4.71. The number of alkyl halides is 3. The summed E-state index contributed by atoms with van der Waals surface area (Å²) in [6.45, 7) is 0.424. The molecule has 3 aromatic carbocycles. The lowest BCUT2D eigenvalue weighted by molar-refractivity contribution is -0.274. The van der Waals surface area contributed by atoms with Gasteiger partial charge in [-0.25, -0.2) is 4.98 Å². The number of hydrogen-bond donors (Lipinski definition) is 0. The van der Waals surface area contributed by atoms with Crippen LogP contribution < -0.4 is 4.74 Å². The standard InChI is InChI=1S/C21H14ClF3N2O/c22-16-8-11-18-19(12-16)27(20(26-18)15-4-2-1-3-5-15)13-14-6-9-17(10-7-14)28-21(23,24)25/h1-12H,13H2. The Bertz CT molecular complexity index is 1110. The smallest absolute Gasteiger partial charge is 0.406 e. The maximum Gasteiger partial charge on any atom is 0.573 e. The van der Waals surface area contributed by atoms with E-state index in [-0.39, 0.29) is 5.75 Å². The maximum atomic E-state index is 12.4. The zero-order valence-corrected chi connectivity index (χ0v) is 15.2. The Hall–Kier alpha value is -2.99. The Morgan fingerprint density at radius 2 is 1.64 bits per heavy atom. The molecule has 0 spiro atoms. The largest absolute Gasteiger partial charge is 0.573 e. The average molecular weight is 403 g/mol. The molecule has 0 saturated carbocycles. The van der Waals surface area contributed by atoms with Gasteiger partial charge in [-0.2, -0.15) is 0 Å². The topological polar surface area (TPSA) is 27.1 Å². The third-order valence-corrected chi connectivity index (χ3v) is 4.47. The van der Waals surface area contributed by atoms with Gasteiger partial charge in [0.2, 0.25) is 0 Å². The summed E-state index contributed by atoms with van der Waals surface area (Å²) >= 11 is 6.17. The first-order valence-corrected chi connectivity index (χ1v) is 8.83. The van der Waals surface area contributed by atoms with Gasteiger partial charge in [0.15, 0.2) is 0 Å². The third-order valence-electron chi connectivity index (χ3n) is 4.24. The summed E-state index contributed by atoms with van der Waals surface area (Å²) < 4.78 is 43.0. The van der Waals surface area contributed by atoms with Crippen molar-refractivity contribution in [2.75, 3.05) is 0 Å². The van der Waals surface area contributed by atoms with Crippen LogP contribution >= 0.6 is 11.6 Å². The van der Waals surface area contributed by atoms with Crippen molar-refractivity contribution >= 4 is 22.6 Å². The zero-order chi connectivity index (χ0) is 19.7. The van der Waals surface area contributed by atoms with E-state index in [0.717, 1.165) is 28.0 Å². The van der Waals surface area contributed by atoms with Gasteiger partial charge in [0, 0.05) is 17.1 Å². The molecule has 0 saturated heterocycles. The molecule has 0 atom stereocenters. The predicted octanol–water partition coefficient (Wildman–Crippen LogP) is 6.30. The lowest BCUT2D eigenvalue weighted by Crippen LogP contribution is -2.17. The molecule has 7 heteroatoms. The summed E-state index contributed by atoms with van der Waals surface area (Å²) in [6, 6.07) is 21.0.